The maximum absolute atomic E-state index is 13.9. The van der Waals surface area contributed by atoms with Gasteiger partial charge in [-0.1, -0.05) is 49.4 Å². The van der Waals surface area contributed by atoms with Gasteiger partial charge < -0.3 is 0 Å². The van der Waals surface area contributed by atoms with Crippen molar-refractivity contribution in [2.75, 3.05) is 0 Å². The highest BCUT2D eigenvalue weighted by Gasteiger charge is 2.32. The average molecular weight is 266 g/mol. The van der Waals surface area contributed by atoms with E-state index in [0.717, 1.165) is 25.7 Å². The van der Waals surface area contributed by atoms with Crippen molar-refractivity contribution in [3.8, 4) is 6.07 Å². The van der Waals surface area contributed by atoms with Gasteiger partial charge in [-0.2, -0.15) is 5.26 Å². The molecule has 0 spiro atoms. The molecular formula is C15H17ClFN. The standard InChI is InChI=1S/C15H17ClFN/c16-13-7-5-6-12(14(13)17)10-15(11-18)8-3-1-2-4-9-15/h5-7H,1-4,8-10H2. The van der Waals surface area contributed by atoms with Crippen LogP contribution in [-0.4, -0.2) is 0 Å². The zero-order valence-corrected chi connectivity index (χ0v) is 11.1. The maximum Gasteiger partial charge on any atom is 0.145 e. The van der Waals surface area contributed by atoms with Crippen molar-refractivity contribution in [3.05, 3.63) is 34.6 Å². The largest absolute Gasteiger partial charge is 0.205 e. The molecule has 1 fully saturated rings. The van der Waals surface area contributed by atoms with E-state index >= 15 is 0 Å². The third-order valence-corrected chi connectivity index (χ3v) is 4.15. The van der Waals surface area contributed by atoms with Crippen LogP contribution in [0.1, 0.15) is 44.1 Å². The van der Waals surface area contributed by atoms with Crippen LogP contribution in [0.2, 0.25) is 5.02 Å². The van der Waals surface area contributed by atoms with Gasteiger partial charge in [0, 0.05) is 0 Å². The van der Waals surface area contributed by atoms with E-state index in [-0.39, 0.29) is 10.8 Å². The lowest BCUT2D eigenvalue weighted by Gasteiger charge is -2.25. The summed E-state index contributed by atoms with van der Waals surface area (Å²) < 4.78 is 13.9. The summed E-state index contributed by atoms with van der Waals surface area (Å²) in [5, 5.41) is 9.63. The third kappa shape index (κ3) is 2.84. The Hall–Kier alpha value is -1.07. The molecule has 1 aromatic rings. The van der Waals surface area contributed by atoms with Crippen molar-refractivity contribution in [2.24, 2.45) is 5.41 Å². The first-order valence-electron chi connectivity index (χ1n) is 6.51. The molecular weight excluding hydrogens is 249 g/mol. The molecule has 0 N–H and O–H groups in total. The molecule has 1 aromatic carbocycles. The van der Waals surface area contributed by atoms with Crippen molar-refractivity contribution in [1.82, 2.24) is 0 Å². The van der Waals surface area contributed by atoms with Crippen LogP contribution < -0.4 is 0 Å². The van der Waals surface area contributed by atoms with Gasteiger partial charge in [-0.25, -0.2) is 4.39 Å². The zero-order valence-electron chi connectivity index (χ0n) is 10.4. The molecule has 0 unspecified atom stereocenters. The Morgan fingerprint density at radius 1 is 1.22 bits per heavy atom. The van der Waals surface area contributed by atoms with E-state index in [1.54, 1.807) is 18.2 Å². The highest BCUT2D eigenvalue weighted by molar-refractivity contribution is 6.30. The summed E-state index contributed by atoms with van der Waals surface area (Å²) in [5.41, 5.74) is 0.174. The van der Waals surface area contributed by atoms with Crippen LogP contribution in [0.5, 0.6) is 0 Å². The summed E-state index contributed by atoms with van der Waals surface area (Å²) in [6.45, 7) is 0. The number of rotatable bonds is 2. The zero-order chi connectivity index (χ0) is 13.0. The molecule has 1 aliphatic carbocycles. The Morgan fingerprint density at radius 3 is 2.50 bits per heavy atom. The van der Waals surface area contributed by atoms with Crippen LogP contribution in [0.15, 0.2) is 18.2 Å². The lowest BCUT2D eigenvalue weighted by molar-refractivity contribution is 0.334. The van der Waals surface area contributed by atoms with E-state index in [9.17, 15) is 9.65 Å². The lowest BCUT2D eigenvalue weighted by atomic mass is 9.76. The van der Waals surface area contributed by atoms with Crippen LogP contribution in [0, 0.1) is 22.6 Å². The smallest absolute Gasteiger partial charge is 0.145 e. The minimum absolute atomic E-state index is 0.147. The summed E-state index contributed by atoms with van der Waals surface area (Å²) in [6.07, 6.45) is 6.72. The summed E-state index contributed by atoms with van der Waals surface area (Å²) >= 11 is 5.79. The van der Waals surface area contributed by atoms with Crippen molar-refractivity contribution in [3.63, 3.8) is 0 Å². The normalized spacial score (nSPS) is 18.9. The first-order chi connectivity index (χ1) is 8.67. The number of halogens is 2. The van der Waals surface area contributed by atoms with Crippen LogP contribution >= 0.6 is 11.6 Å². The Labute approximate surface area is 113 Å². The Balaban J connectivity index is 2.24. The van der Waals surface area contributed by atoms with Gasteiger partial charge in [-0.05, 0) is 30.9 Å². The number of nitrogens with zero attached hydrogens (tertiary/aromatic N) is 1. The quantitative estimate of drug-likeness (QED) is 0.699. The molecule has 0 saturated heterocycles. The molecule has 0 bridgehead atoms. The van der Waals surface area contributed by atoms with Crippen LogP contribution in [0.3, 0.4) is 0 Å². The predicted molar refractivity (Wildman–Crippen MR) is 70.9 cm³/mol. The molecule has 1 aliphatic rings. The molecule has 0 aliphatic heterocycles. The number of hydrogen-bond acceptors (Lipinski definition) is 1. The van der Waals surface area contributed by atoms with E-state index in [0.29, 0.717) is 12.0 Å². The molecule has 0 heterocycles. The minimum Gasteiger partial charge on any atom is -0.205 e. The van der Waals surface area contributed by atoms with Crippen LogP contribution in [-0.2, 0) is 6.42 Å². The van der Waals surface area contributed by atoms with Crippen LogP contribution in [0.4, 0.5) is 4.39 Å². The summed E-state index contributed by atoms with van der Waals surface area (Å²) in [7, 11) is 0. The summed E-state index contributed by atoms with van der Waals surface area (Å²) in [5.74, 6) is -0.363. The fourth-order valence-electron chi connectivity index (χ4n) is 2.78. The average Bonchev–Trinajstić information content (AvgIpc) is 2.61. The molecule has 0 aromatic heterocycles. The monoisotopic (exact) mass is 265 g/mol. The number of nitriles is 1. The fraction of sp³-hybridized carbons (Fsp3) is 0.533. The first kappa shape index (κ1) is 13.4. The minimum atomic E-state index is -0.401. The molecule has 0 amide bonds. The molecule has 0 radical (unpaired) electrons. The molecule has 3 heteroatoms. The van der Waals surface area contributed by atoms with E-state index in [4.69, 9.17) is 11.6 Å². The van der Waals surface area contributed by atoms with Crippen LogP contribution in [0.25, 0.3) is 0 Å². The maximum atomic E-state index is 13.9. The summed E-state index contributed by atoms with van der Waals surface area (Å²) in [4.78, 5) is 0. The van der Waals surface area contributed by atoms with Gasteiger partial charge in [0.05, 0.1) is 16.5 Å². The van der Waals surface area contributed by atoms with Gasteiger partial charge in [0.15, 0.2) is 0 Å². The van der Waals surface area contributed by atoms with E-state index in [2.05, 4.69) is 6.07 Å². The molecule has 1 saturated carbocycles. The second kappa shape index (κ2) is 5.71. The Morgan fingerprint density at radius 2 is 1.89 bits per heavy atom. The second-order valence-electron chi connectivity index (χ2n) is 5.20. The fourth-order valence-corrected chi connectivity index (χ4v) is 2.98. The topological polar surface area (TPSA) is 23.8 Å². The molecule has 1 nitrogen and oxygen atoms in total. The van der Waals surface area contributed by atoms with Gasteiger partial charge in [0.25, 0.3) is 0 Å². The van der Waals surface area contributed by atoms with Crippen molar-refractivity contribution >= 4 is 11.6 Å². The van der Waals surface area contributed by atoms with E-state index in [1.165, 1.54) is 12.8 Å². The lowest BCUT2D eigenvalue weighted by Crippen LogP contribution is -2.21. The molecule has 0 atom stereocenters. The molecule has 18 heavy (non-hydrogen) atoms. The molecule has 96 valence electrons. The van der Waals surface area contributed by atoms with Crippen molar-refractivity contribution in [2.45, 2.75) is 44.9 Å². The Kier molecular flexibility index (Phi) is 4.24. The number of benzene rings is 1. The first-order valence-corrected chi connectivity index (χ1v) is 6.89. The van der Waals surface area contributed by atoms with Crippen molar-refractivity contribution < 1.29 is 4.39 Å². The second-order valence-corrected chi connectivity index (χ2v) is 5.60. The summed E-state index contributed by atoms with van der Waals surface area (Å²) in [6, 6.07) is 7.48. The SMILES string of the molecule is N#CC1(Cc2cccc(Cl)c2F)CCCCCC1. The number of hydrogen-bond donors (Lipinski definition) is 0. The van der Waals surface area contributed by atoms with Crippen molar-refractivity contribution in [1.29, 1.82) is 5.26 Å². The van der Waals surface area contributed by atoms with E-state index in [1.807, 2.05) is 0 Å². The van der Waals surface area contributed by atoms with E-state index < -0.39 is 5.41 Å². The predicted octanol–water partition coefficient (Wildman–Crippen LogP) is 4.89. The van der Waals surface area contributed by atoms with Gasteiger partial charge in [0.1, 0.15) is 5.82 Å². The highest BCUT2D eigenvalue weighted by Crippen LogP contribution is 2.38. The van der Waals surface area contributed by atoms with Gasteiger partial charge >= 0.3 is 0 Å². The highest BCUT2D eigenvalue weighted by atomic mass is 35.5. The van der Waals surface area contributed by atoms with Gasteiger partial charge in [0.2, 0.25) is 0 Å². The third-order valence-electron chi connectivity index (χ3n) is 3.86. The molecule has 2 rings (SSSR count). The Bertz CT molecular complexity index is 456. The van der Waals surface area contributed by atoms with Gasteiger partial charge in [-0.3, -0.25) is 0 Å². The van der Waals surface area contributed by atoms with Gasteiger partial charge in [-0.15, -0.1) is 0 Å².